The molecule has 1 unspecified atom stereocenters. The second-order valence-corrected chi connectivity index (χ2v) is 5.86. The van der Waals surface area contributed by atoms with Crippen LogP contribution in [0.4, 0.5) is 9.93 Å². The van der Waals surface area contributed by atoms with Gasteiger partial charge in [-0.05, 0) is 38.3 Å². The van der Waals surface area contributed by atoms with Crippen molar-refractivity contribution in [3.8, 4) is 0 Å². The van der Waals surface area contributed by atoms with Crippen LogP contribution in [-0.2, 0) is 0 Å². The number of nitrogens with zero attached hydrogens (tertiary/aromatic N) is 3. The Hall–Kier alpha value is -1.21. The first kappa shape index (κ1) is 14.2. The molecule has 106 valence electrons. The van der Waals surface area contributed by atoms with Crippen LogP contribution in [0.15, 0.2) is 5.51 Å². The van der Waals surface area contributed by atoms with Crippen LogP contribution in [0.1, 0.15) is 26.2 Å². The van der Waals surface area contributed by atoms with Crippen molar-refractivity contribution in [1.82, 2.24) is 20.4 Å². The third kappa shape index (κ3) is 5.12. The molecule has 0 saturated carbocycles. The maximum Gasteiger partial charge on any atom is 0.321 e. The smallest absolute Gasteiger partial charge is 0.321 e. The Kier molecular flexibility index (Phi) is 5.53. The maximum absolute atomic E-state index is 11.5. The summed E-state index contributed by atoms with van der Waals surface area (Å²) in [6.07, 6.45) is 3.63. The standard InChI is InChI=1S/C12H21N5OS/c1-10-4-2-6-17(8-10)7-3-5-13-11(18)15-12-16-14-9-19-12/h9-10H,2-8H2,1H3,(H2,13,15,16,18). The van der Waals surface area contributed by atoms with Gasteiger partial charge in [0.2, 0.25) is 5.13 Å². The number of likely N-dealkylation sites (tertiary alicyclic amines) is 1. The molecule has 0 radical (unpaired) electrons. The summed E-state index contributed by atoms with van der Waals surface area (Å²) >= 11 is 1.31. The van der Waals surface area contributed by atoms with E-state index in [2.05, 4.69) is 32.7 Å². The van der Waals surface area contributed by atoms with Crippen LogP contribution in [0.3, 0.4) is 0 Å². The van der Waals surface area contributed by atoms with Crippen LogP contribution >= 0.6 is 11.3 Å². The summed E-state index contributed by atoms with van der Waals surface area (Å²) in [4.78, 5) is 14.0. The number of rotatable bonds is 5. The van der Waals surface area contributed by atoms with E-state index in [1.807, 2.05) is 0 Å². The lowest BCUT2D eigenvalue weighted by Crippen LogP contribution is -2.37. The van der Waals surface area contributed by atoms with Crippen molar-refractivity contribution in [2.24, 2.45) is 5.92 Å². The molecular formula is C12H21N5OS. The molecule has 1 atom stereocenters. The molecule has 1 aromatic heterocycles. The molecule has 1 aliphatic heterocycles. The summed E-state index contributed by atoms with van der Waals surface area (Å²) in [6, 6.07) is -0.205. The third-order valence-corrected chi connectivity index (χ3v) is 3.86. The van der Waals surface area contributed by atoms with Crippen molar-refractivity contribution in [3.05, 3.63) is 5.51 Å². The zero-order valence-corrected chi connectivity index (χ0v) is 12.1. The van der Waals surface area contributed by atoms with Gasteiger partial charge in [0.05, 0.1) is 0 Å². The zero-order valence-electron chi connectivity index (χ0n) is 11.3. The van der Waals surface area contributed by atoms with Crippen LogP contribution < -0.4 is 10.6 Å². The van der Waals surface area contributed by atoms with Crippen molar-refractivity contribution < 1.29 is 4.79 Å². The lowest BCUT2D eigenvalue weighted by atomic mass is 10.0. The average Bonchev–Trinajstić information content (AvgIpc) is 2.87. The van der Waals surface area contributed by atoms with Crippen LogP contribution in [0.2, 0.25) is 0 Å². The minimum atomic E-state index is -0.205. The molecule has 7 heteroatoms. The number of carbonyl (C=O) groups excluding carboxylic acids is 1. The first-order chi connectivity index (χ1) is 9.24. The largest absolute Gasteiger partial charge is 0.338 e. The number of hydrogen-bond acceptors (Lipinski definition) is 5. The molecule has 1 fully saturated rings. The van der Waals surface area contributed by atoms with Gasteiger partial charge in [0.15, 0.2) is 0 Å². The van der Waals surface area contributed by atoms with Gasteiger partial charge >= 0.3 is 6.03 Å². The van der Waals surface area contributed by atoms with Crippen molar-refractivity contribution in [2.45, 2.75) is 26.2 Å². The summed E-state index contributed by atoms with van der Waals surface area (Å²) in [6.45, 7) is 6.44. The van der Waals surface area contributed by atoms with Gasteiger partial charge in [0.25, 0.3) is 0 Å². The molecule has 2 amide bonds. The van der Waals surface area contributed by atoms with E-state index < -0.39 is 0 Å². The number of anilines is 1. The van der Waals surface area contributed by atoms with Crippen LogP contribution in [-0.4, -0.2) is 47.3 Å². The van der Waals surface area contributed by atoms with E-state index >= 15 is 0 Å². The number of nitrogens with one attached hydrogen (secondary N) is 2. The first-order valence-corrected chi connectivity index (χ1v) is 7.65. The molecule has 0 aromatic carbocycles. The van der Waals surface area contributed by atoms with Gasteiger partial charge in [0, 0.05) is 13.1 Å². The molecule has 19 heavy (non-hydrogen) atoms. The lowest BCUT2D eigenvalue weighted by Gasteiger charge is -2.30. The number of urea groups is 1. The second kappa shape index (κ2) is 7.40. The van der Waals surface area contributed by atoms with Gasteiger partial charge in [-0.15, -0.1) is 10.2 Å². The molecule has 0 spiro atoms. The highest BCUT2D eigenvalue weighted by Gasteiger charge is 2.15. The van der Waals surface area contributed by atoms with Crippen LogP contribution in [0.5, 0.6) is 0 Å². The molecule has 6 nitrogen and oxygen atoms in total. The fourth-order valence-electron chi connectivity index (χ4n) is 2.36. The van der Waals surface area contributed by atoms with Gasteiger partial charge in [-0.25, -0.2) is 4.79 Å². The summed E-state index contributed by atoms with van der Waals surface area (Å²) in [7, 11) is 0. The minimum absolute atomic E-state index is 0.205. The number of hydrogen-bond donors (Lipinski definition) is 2. The van der Waals surface area contributed by atoms with Crippen molar-refractivity contribution in [2.75, 3.05) is 31.5 Å². The van der Waals surface area contributed by atoms with E-state index in [1.54, 1.807) is 5.51 Å². The normalized spacial score (nSPS) is 20.2. The van der Waals surface area contributed by atoms with E-state index in [0.29, 0.717) is 11.7 Å². The van der Waals surface area contributed by atoms with E-state index in [-0.39, 0.29) is 6.03 Å². The van der Waals surface area contributed by atoms with Gasteiger partial charge in [0.1, 0.15) is 5.51 Å². The van der Waals surface area contributed by atoms with E-state index in [1.165, 1.54) is 37.3 Å². The Morgan fingerprint density at radius 3 is 3.26 bits per heavy atom. The molecule has 0 aliphatic carbocycles. The quantitative estimate of drug-likeness (QED) is 0.808. The van der Waals surface area contributed by atoms with Gasteiger partial charge in [-0.1, -0.05) is 18.3 Å². The molecule has 1 aliphatic rings. The van der Waals surface area contributed by atoms with Crippen LogP contribution in [0.25, 0.3) is 0 Å². The number of carbonyl (C=O) groups is 1. The predicted molar refractivity (Wildman–Crippen MR) is 76.4 cm³/mol. The molecule has 2 N–H and O–H groups in total. The fourth-order valence-corrected chi connectivity index (χ4v) is 2.80. The molecule has 1 saturated heterocycles. The maximum atomic E-state index is 11.5. The van der Waals surface area contributed by atoms with Crippen molar-refractivity contribution >= 4 is 22.5 Å². The van der Waals surface area contributed by atoms with Gasteiger partial charge in [-0.2, -0.15) is 0 Å². The number of piperidine rings is 1. The zero-order chi connectivity index (χ0) is 13.5. The van der Waals surface area contributed by atoms with Crippen molar-refractivity contribution in [3.63, 3.8) is 0 Å². The Morgan fingerprint density at radius 1 is 1.63 bits per heavy atom. The molecule has 2 rings (SSSR count). The molecule has 2 heterocycles. The fraction of sp³-hybridized carbons (Fsp3) is 0.750. The van der Waals surface area contributed by atoms with E-state index in [4.69, 9.17) is 0 Å². The molecule has 0 bridgehead atoms. The third-order valence-electron chi connectivity index (χ3n) is 3.26. The van der Waals surface area contributed by atoms with E-state index in [9.17, 15) is 4.79 Å². The molecular weight excluding hydrogens is 262 g/mol. The Morgan fingerprint density at radius 2 is 2.53 bits per heavy atom. The number of amides is 2. The minimum Gasteiger partial charge on any atom is -0.338 e. The Balaban J connectivity index is 1.55. The van der Waals surface area contributed by atoms with Crippen molar-refractivity contribution in [1.29, 1.82) is 0 Å². The Labute approximate surface area is 117 Å². The summed E-state index contributed by atoms with van der Waals surface area (Å²) in [5, 5.41) is 13.4. The summed E-state index contributed by atoms with van der Waals surface area (Å²) < 4.78 is 0. The highest BCUT2D eigenvalue weighted by atomic mass is 32.1. The van der Waals surface area contributed by atoms with Gasteiger partial charge < -0.3 is 10.2 Å². The average molecular weight is 283 g/mol. The highest BCUT2D eigenvalue weighted by Crippen LogP contribution is 2.15. The van der Waals surface area contributed by atoms with Gasteiger partial charge in [-0.3, -0.25) is 5.32 Å². The SMILES string of the molecule is CC1CCCN(CCCNC(=O)Nc2nncs2)C1. The number of aromatic nitrogens is 2. The van der Waals surface area contributed by atoms with E-state index in [0.717, 1.165) is 18.9 Å². The predicted octanol–water partition coefficient (Wildman–Crippen LogP) is 1.78. The lowest BCUT2D eigenvalue weighted by molar-refractivity contribution is 0.182. The first-order valence-electron chi connectivity index (χ1n) is 6.77. The summed E-state index contributed by atoms with van der Waals surface area (Å²) in [5.74, 6) is 0.808. The monoisotopic (exact) mass is 283 g/mol. The topological polar surface area (TPSA) is 70.2 Å². The molecule has 1 aromatic rings. The van der Waals surface area contributed by atoms with Crippen LogP contribution in [0, 0.1) is 5.92 Å². The second-order valence-electron chi connectivity index (χ2n) is 5.03. The Bertz CT molecular complexity index is 383. The summed E-state index contributed by atoms with van der Waals surface area (Å²) in [5.41, 5.74) is 1.59. The highest BCUT2D eigenvalue weighted by molar-refractivity contribution is 7.13.